The number of carboxylic acids is 1. The van der Waals surface area contributed by atoms with Crippen molar-refractivity contribution in [2.75, 3.05) is 11.9 Å². The summed E-state index contributed by atoms with van der Waals surface area (Å²) in [6.07, 6.45) is 1.16. The number of nitrogens with one attached hydrogen (secondary N) is 1. The molecule has 1 fully saturated rings. The zero-order valence-corrected chi connectivity index (χ0v) is 10.7. The smallest absolute Gasteiger partial charge is 0.326 e. The number of carbonyl (C=O) groups is 3. The average molecular weight is 277 g/mol. The lowest BCUT2D eigenvalue weighted by atomic mass is 10.1. The van der Waals surface area contributed by atoms with Gasteiger partial charge in [0.25, 0.3) is 5.91 Å². The van der Waals surface area contributed by atoms with Crippen molar-refractivity contribution in [3.05, 3.63) is 29.8 Å². The molecule has 0 aliphatic carbocycles. The fourth-order valence-electron chi connectivity index (χ4n) is 2.27. The highest BCUT2D eigenvalue weighted by molar-refractivity contribution is 5.97. The van der Waals surface area contributed by atoms with Crippen LogP contribution >= 0.6 is 0 Å². The third kappa shape index (κ3) is 2.87. The van der Waals surface area contributed by atoms with Gasteiger partial charge >= 0.3 is 12.0 Å². The van der Waals surface area contributed by atoms with Crippen LogP contribution in [0.4, 0.5) is 10.5 Å². The average Bonchev–Trinajstić information content (AvgIpc) is 2.87. The molecule has 1 aromatic rings. The van der Waals surface area contributed by atoms with Crippen molar-refractivity contribution >= 4 is 23.6 Å². The van der Waals surface area contributed by atoms with E-state index in [4.69, 9.17) is 10.8 Å². The van der Waals surface area contributed by atoms with Gasteiger partial charge in [0, 0.05) is 17.8 Å². The Morgan fingerprint density at radius 3 is 2.45 bits per heavy atom. The summed E-state index contributed by atoms with van der Waals surface area (Å²) in [7, 11) is 0. The monoisotopic (exact) mass is 277 g/mol. The van der Waals surface area contributed by atoms with Crippen LogP contribution in [0.5, 0.6) is 0 Å². The van der Waals surface area contributed by atoms with Gasteiger partial charge in [0.15, 0.2) is 0 Å². The number of primary amides is 1. The second kappa shape index (κ2) is 5.60. The van der Waals surface area contributed by atoms with Crippen LogP contribution in [-0.4, -0.2) is 40.5 Å². The first-order valence-electron chi connectivity index (χ1n) is 6.19. The largest absolute Gasteiger partial charge is 0.480 e. The number of nitrogens with zero attached hydrogens (tertiary/aromatic N) is 1. The lowest BCUT2D eigenvalue weighted by molar-refractivity contribution is -0.141. The van der Waals surface area contributed by atoms with Crippen LogP contribution in [0.25, 0.3) is 0 Å². The van der Waals surface area contributed by atoms with E-state index < -0.39 is 18.0 Å². The van der Waals surface area contributed by atoms with Gasteiger partial charge in [-0.15, -0.1) is 0 Å². The molecule has 4 N–H and O–H groups in total. The number of anilines is 1. The summed E-state index contributed by atoms with van der Waals surface area (Å²) in [5.74, 6) is -1.30. The fourth-order valence-corrected chi connectivity index (χ4v) is 2.27. The SMILES string of the molecule is NC(=O)Nc1ccc(C(=O)N2CCC[C@H]2C(=O)O)cc1. The number of rotatable bonds is 3. The molecule has 1 aromatic carbocycles. The van der Waals surface area contributed by atoms with E-state index in [2.05, 4.69) is 5.32 Å². The summed E-state index contributed by atoms with van der Waals surface area (Å²) >= 11 is 0. The van der Waals surface area contributed by atoms with Gasteiger partial charge in [-0.25, -0.2) is 9.59 Å². The fraction of sp³-hybridized carbons (Fsp3) is 0.308. The Morgan fingerprint density at radius 1 is 1.25 bits per heavy atom. The zero-order chi connectivity index (χ0) is 14.7. The molecule has 1 aliphatic rings. The predicted molar refractivity (Wildman–Crippen MR) is 71.3 cm³/mol. The molecule has 106 valence electrons. The molecule has 2 rings (SSSR count). The molecule has 0 saturated carbocycles. The van der Waals surface area contributed by atoms with Crippen LogP contribution in [0, 0.1) is 0 Å². The topological polar surface area (TPSA) is 113 Å². The molecular formula is C13H15N3O4. The van der Waals surface area contributed by atoms with E-state index in [-0.39, 0.29) is 5.91 Å². The van der Waals surface area contributed by atoms with E-state index in [0.717, 1.165) is 0 Å². The van der Waals surface area contributed by atoms with Gasteiger partial charge in [-0.3, -0.25) is 4.79 Å². The standard InChI is InChI=1S/C13H15N3O4/c14-13(20)15-9-5-3-8(4-6-9)11(17)16-7-1-2-10(16)12(18)19/h3-6,10H,1-2,7H2,(H,18,19)(H3,14,15,20)/t10-/m0/s1. The molecule has 0 aromatic heterocycles. The molecule has 1 saturated heterocycles. The molecule has 0 bridgehead atoms. The quantitative estimate of drug-likeness (QED) is 0.760. The maximum atomic E-state index is 12.2. The lowest BCUT2D eigenvalue weighted by Gasteiger charge is -2.21. The highest BCUT2D eigenvalue weighted by atomic mass is 16.4. The Hall–Kier alpha value is -2.57. The van der Waals surface area contributed by atoms with Crippen molar-refractivity contribution in [3.63, 3.8) is 0 Å². The number of aliphatic carboxylic acids is 1. The van der Waals surface area contributed by atoms with Crippen LogP contribution < -0.4 is 11.1 Å². The molecule has 1 heterocycles. The first kappa shape index (κ1) is 13.9. The molecular weight excluding hydrogens is 262 g/mol. The molecule has 0 spiro atoms. The Morgan fingerprint density at radius 2 is 1.90 bits per heavy atom. The van der Waals surface area contributed by atoms with Gasteiger partial charge in [0.1, 0.15) is 6.04 Å². The Labute approximate surface area is 115 Å². The number of carboxylic acid groups (broad SMARTS) is 1. The van der Waals surface area contributed by atoms with Crippen molar-refractivity contribution in [2.24, 2.45) is 5.73 Å². The van der Waals surface area contributed by atoms with Gasteiger partial charge < -0.3 is 21.1 Å². The second-order valence-corrected chi connectivity index (χ2v) is 4.56. The highest BCUT2D eigenvalue weighted by Crippen LogP contribution is 2.21. The van der Waals surface area contributed by atoms with Crippen molar-refractivity contribution in [1.82, 2.24) is 4.90 Å². The van der Waals surface area contributed by atoms with Crippen LogP contribution in [0.2, 0.25) is 0 Å². The summed E-state index contributed by atoms with van der Waals surface area (Å²) < 4.78 is 0. The number of hydrogen-bond donors (Lipinski definition) is 3. The van der Waals surface area contributed by atoms with E-state index in [0.29, 0.717) is 30.6 Å². The Balaban J connectivity index is 2.13. The van der Waals surface area contributed by atoms with Crippen LogP contribution in [0.3, 0.4) is 0 Å². The van der Waals surface area contributed by atoms with Gasteiger partial charge in [0.2, 0.25) is 0 Å². The van der Waals surface area contributed by atoms with Crippen LogP contribution in [0.15, 0.2) is 24.3 Å². The third-order valence-corrected chi connectivity index (χ3v) is 3.20. The van der Waals surface area contributed by atoms with Gasteiger partial charge in [-0.2, -0.15) is 0 Å². The number of benzene rings is 1. The third-order valence-electron chi connectivity index (χ3n) is 3.20. The van der Waals surface area contributed by atoms with Gasteiger partial charge in [-0.05, 0) is 37.1 Å². The van der Waals surface area contributed by atoms with Crippen molar-refractivity contribution in [1.29, 1.82) is 0 Å². The summed E-state index contributed by atoms with van der Waals surface area (Å²) in [6.45, 7) is 0.442. The highest BCUT2D eigenvalue weighted by Gasteiger charge is 2.34. The lowest BCUT2D eigenvalue weighted by Crippen LogP contribution is -2.40. The molecule has 1 aliphatic heterocycles. The van der Waals surface area contributed by atoms with Crippen LogP contribution in [-0.2, 0) is 4.79 Å². The van der Waals surface area contributed by atoms with Gasteiger partial charge in [0.05, 0.1) is 0 Å². The minimum atomic E-state index is -0.983. The Bertz CT molecular complexity index is 541. The number of nitrogens with two attached hydrogens (primary N) is 1. The molecule has 20 heavy (non-hydrogen) atoms. The number of amides is 3. The Kier molecular flexibility index (Phi) is 3.88. The molecule has 0 radical (unpaired) electrons. The summed E-state index contributed by atoms with van der Waals surface area (Å²) in [6, 6.07) is 4.71. The normalized spacial score (nSPS) is 17.8. The second-order valence-electron chi connectivity index (χ2n) is 4.56. The summed E-state index contributed by atoms with van der Waals surface area (Å²) in [5, 5.41) is 11.5. The number of likely N-dealkylation sites (tertiary alicyclic amines) is 1. The van der Waals surface area contributed by atoms with Crippen molar-refractivity contribution in [3.8, 4) is 0 Å². The van der Waals surface area contributed by atoms with Crippen molar-refractivity contribution in [2.45, 2.75) is 18.9 Å². The summed E-state index contributed by atoms with van der Waals surface area (Å²) in [5.41, 5.74) is 5.84. The van der Waals surface area contributed by atoms with E-state index in [9.17, 15) is 14.4 Å². The van der Waals surface area contributed by atoms with E-state index in [1.165, 1.54) is 17.0 Å². The maximum absolute atomic E-state index is 12.2. The van der Waals surface area contributed by atoms with Crippen LogP contribution in [0.1, 0.15) is 23.2 Å². The minimum Gasteiger partial charge on any atom is -0.480 e. The van der Waals surface area contributed by atoms with Crippen molar-refractivity contribution < 1.29 is 19.5 Å². The molecule has 7 heteroatoms. The first-order valence-corrected chi connectivity index (χ1v) is 6.19. The zero-order valence-electron chi connectivity index (χ0n) is 10.7. The number of urea groups is 1. The molecule has 0 unspecified atom stereocenters. The van der Waals surface area contributed by atoms with E-state index >= 15 is 0 Å². The number of hydrogen-bond acceptors (Lipinski definition) is 3. The maximum Gasteiger partial charge on any atom is 0.326 e. The summed E-state index contributed by atoms with van der Waals surface area (Å²) in [4.78, 5) is 35.4. The molecule has 7 nitrogen and oxygen atoms in total. The van der Waals surface area contributed by atoms with Gasteiger partial charge in [-0.1, -0.05) is 0 Å². The molecule has 3 amide bonds. The molecule has 1 atom stereocenters. The van der Waals surface area contributed by atoms with E-state index in [1.54, 1.807) is 12.1 Å². The first-order chi connectivity index (χ1) is 9.49. The predicted octanol–water partition coefficient (Wildman–Crippen LogP) is 0.866. The van der Waals surface area contributed by atoms with E-state index in [1.807, 2.05) is 0 Å². The number of carbonyl (C=O) groups excluding carboxylic acids is 2. The minimum absolute atomic E-state index is 0.319.